The van der Waals surface area contributed by atoms with Crippen molar-refractivity contribution < 1.29 is 104 Å². The van der Waals surface area contributed by atoms with Gasteiger partial charge in [0, 0.05) is 13.8 Å². The maximum Gasteiger partial charge on any atom is 0.217 e. The molecule has 51 heavy (non-hydrogen) atoms. The Balaban J connectivity index is 1.43. The monoisotopic (exact) mass is 748 g/mol. The quantitative estimate of drug-likeness (QED) is 0.0881. The van der Waals surface area contributed by atoms with E-state index < -0.39 is 161 Å². The molecule has 0 aromatic carbocycles. The summed E-state index contributed by atoms with van der Waals surface area (Å²) in [5, 5.41) is 129. The molecule has 0 saturated carbocycles. The minimum Gasteiger partial charge on any atom is -0.394 e. The molecule has 4 saturated heterocycles. The predicted octanol–water partition coefficient (Wildman–Crippen LogP) is -9.46. The Bertz CT molecular complexity index is 1140. The summed E-state index contributed by atoms with van der Waals surface area (Å²) in [6, 6.07) is -2.88. The van der Waals surface area contributed by atoms with Crippen LogP contribution in [0, 0.1) is 0 Å². The van der Waals surface area contributed by atoms with Crippen LogP contribution in [0.5, 0.6) is 0 Å². The number of hydrogen-bond donors (Lipinski definition) is 14. The van der Waals surface area contributed by atoms with E-state index in [9.17, 15) is 70.9 Å². The highest BCUT2D eigenvalue weighted by Crippen LogP contribution is 2.32. The van der Waals surface area contributed by atoms with Crippen molar-refractivity contribution in [3.8, 4) is 0 Å². The van der Waals surface area contributed by atoms with Crippen molar-refractivity contribution in [2.45, 2.75) is 137 Å². The molecule has 4 rings (SSSR count). The first-order chi connectivity index (χ1) is 24.0. The summed E-state index contributed by atoms with van der Waals surface area (Å²) in [6.45, 7) is -0.984. The normalized spacial score (nSPS) is 47.8. The molecule has 23 heteroatoms. The summed E-state index contributed by atoms with van der Waals surface area (Å²) in [7, 11) is 0. The first kappa shape index (κ1) is 41.9. The summed E-state index contributed by atoms with van der Waals surface area (Å²) in [4.78, 5) is 23.4. The molecule has 0 aromatic heterocycles. The van der Waals surface area contributed by atoms with E-state index >= 15 is 0 Å². The molecular formula is C28H48N2O21. The molecule has 20 atom stereocenters. The SMILES string of the molecule is CC(=O)N[C@H]1[C@H](O[C@H]2[C@H](O)[C@H](O)[C@@H](OC[C@H]3O[C@@H](O[C@H]4[C@H](O)[C@@H](NC(C)=O)C(O)O[C@@H]4CO)[C@@H](O)[C@@H](O)[C@@H]3O)O[C@@H]2CO)O[C@H](CO)[C@@H](O)[C@@H]1O. The number of carbonyl (C=O) groups is 2. The second-order valence-corrected chi connectivity index (χ2v) is 12.7. The number of hydrogen-bond acceptors (Lipinski definition) is 21. The largest absolute Gasteiger partial charge is 0.394 e. The second-order valence-electron chi connectivity index (χ2n) is 12.7. The molecule has 4 heterocycles. The standard InChI is InChI=1S/C28H48N2O21/c1-7(34)29-13-18(39)23(10(4-32)46-25(13)44)51-28-21(42)19(40)16(37)12(49-28)6-45-27-22(43)20(41)24(11(5-33)48-27)50-26-14(30-8(2)35)17(38)15(36)9(3-31)47-26/h9-28,31-33,36-44H,3-6H2,1-2H3,(H,29,34)(H,30,35)/t9-,10-,11-,12-,13-,14-,15-,16-,17-,18-,19+,20-,21+,22+,23-,24-,25?,26+,27+,28+/m1/s1. The zero-order chi connectivity index (χ0) is 37.9. The summed E-state index contributed by atoms with van der Waals surface area (Å²) in [6.07, 6.45) is -30.8. The van der Waals surface area contributed by atoms with Gasteiger partial charge in [0.05, 0.1) is 26.4 Å². The number of ether oxygens (including phenoxy) is 7. The molecule has 0 bridgehead atoms. The van der Waals surface area contributed by atoms with Crippen molar-refractivity contribution in [3.05, 3.63) is 0 Å². The van der Waals surface area contributed by atoms with Crippen LogP contribution in [-0.4, -0.2) is 222 Å². The fraction of sp³-hybridized carbons (Fsp3) is 0.929. The number of amides is 2. The third-order valence-electron chi connectivity index (χ3n) is 8.99. The van der Waals surface area contributed by atoms with E-state index in [2.05, 4.69) is 10.6 Å². The summed E-state index contributed by atoms with van der Waals surface area (Å²) < 4.78 is 38.7. The number of aliphatic hydroxyl groups excluding tert-OH is 12. The van der Waals surface area contributed by atoms with Gasteiger partial charge >= 0.3 is 0 Å². The molecular weight excluding hydrogens is 700 g/mol. The van der Waals surface area contributed by atoms with Crippen molar-refractivity contribution >= 4 is 11.8 Å². The van der Waals surface area contributed by atoms with E-state index in [0.29, 0.717) is 0 Å². The van der Waals surface area contributed by atoms with Crippen molar-refractivity contribution in [2.75, 3.05) is 26.4 Å². The zero-order valence-corrected chi connectivity index (χ0v) is 27.4. The second kappa shape index (κ2) is 18.0. The number of nitrogens with one attached hydrogen (secondary N) is 2. The highest BCUT2D eigenvalue weighted by Gasteiger charge is 2.53. The van der Waals surface area contributed by atoms with Gasteiger partial charge in [-0.2, -0.15) is 0 Å². The average Bonchev–Trinajstić information content (AvgIpc) is 3.09. The van der Waals surface area contributed by atoms with Crippen molar-refractivity contribution in [3.63, 3.8) is 0 Å². The van der Waals surface area contributed by atoms with Crippen LogP contribution in [0.1, 0.15) is 13.8 Å². The lowest BCUT2D eigenvalue weighted by molar-refractivity contribution is -0.363. The van der Waals surface area contributed by atoms with E-state index in [1.807, 2.05) is 0 Å². The molecule has 4 fully saturated rings. The molecule has 2 amide bonds. The Morgan fingerprint density at radius 3 is 1.57 bits per heavy atom. The summed E-state index contributed by atoms with van der Waals surface area (Å²) in [5.41, 5.74) is 0. The molecule has 4 aliphatic heterocycles. The Labute approximate surface area is 289 Å². The molecule has 14 N–H and O–H groups in total. The lowest BCUT2D eigenvalue weighted by Crippen LogP contribution is -2.68. The van der Waals surface area contributed by atoms with E-state index in [0.717, 1.165) is 13.8 Å². The first-order valence-electron chi connectivity index (χ1n) is 16.1. The third-order valence-corrected chi connectivity index (χ3v) is 8.99. The lowest BCUT2D eigenvalue weighted by atomic mass is 9.95. The van der Waals surface area contributed by atoms with E-state index in [1.54, 1.807) is 0 Å². The molecule has 23 nitrogen and oxygen atoms in total. The van der Waals surface area contributed by atoms with Gasteiger partial charge in [0.25, 0.3) is 0 Å². The summed E-state index contributed by atoms with van der Waals surface area (Å²) in [5.74, 6) is -1.32. The molecule has 0 aliphatic carbocycles. The smallest absolute Gasteiger partial charge is 0.217 e. The van der Waals surface area contributed by atoms with Crippen molar-refractivity contribution in [1.29, 1.82) is 0 Å². The molecule has 0 radical (unpaired) electrons. The van der Waals surface area contributed by atoms with Crippen LogP contribution in [0.3, 0.4) is 0 Å². The zero-order valence-electron chi connectivity index (χ0n) is 27.4. The maximum absolute atomic E-state index is 11.8. The van der Waals surface area contributed by atoms with Gasteiger partial charge in [-0.05, 0) is 0 Å². The first-order valence-corrected chi connectivity index (χ1v) is 16.1. The number of rotatable bonds is 12. The fourth-order valence-corrected chi connectivity index (χ4v) is 6.25. The Hall–Kier alpha value is -1.82. The van der Waals surface area contributed by atoms with Gasteiger partial charge in [0.1, 0.15) is 97.5 Å². The number of aliphatic hydroxyl groups is 12. The van der Waals surface area contributed by atoms with Crippen molar-refractivity contribution in [2.24, 2.45) is 0 Å². The van der Waals surface area contributed by atoms with Gasteiger partial charge in [-0.25, -0.2) is 0 Å². The van der Waals surface area contributed by atoms with Crippen molar-refractivity contribution in [1.82, 2.24) is 10.6 Å². The summed E-state index contributed by atoms with van der Waals surface area (Å²) >= 11 is 0. The Kier molecular flexibility index (Phi) is 14.8. The molecule has 0 aromatic rings. The molecule has 0 spiro atoms. The van der Waals surface area contributed by atoms with Gasteiger partial charge in [-0.3, -0.25) is 9.59 Å². The predicted molar refractivity (Wildman–Crippen MR) is 157 cm³/mol. The van der Waals surface area contributed by atoms with Crippen LogP contribution in [0.2, 0.25) is 0 Å². The minimum absolute atomic E-state index is 0.656. The van der Waals surface area contributed by atoms with Gasteiger partial charge in [0.2, 0.25) is 11.8 Å². The average molecular weight is 749 g/mol. The fourth-order valence-electron chi connectivity index (χ4n) is 6.25. The van der Waals surface area contributed by atoms with Gasteiger partial charge in [-0.1, -0.05) is 0 Å². The van der Waals surface area contributed by atoms with E-state index in [4.69, 9.17) is 33.2 Å². The van der Waals surface area contributed by atoms with Crippen LogP contribution in [0.25, 0.3) is 0 Å². The highest BCUT2D eigenvalue weighted by atomic mass is 16.8. The highest BCUT2D eigenvalue weighted by molar-refractivity contribution is 5.73. The topological polar surface area (TPSA) is 366 Å². The van der Waals surface area contributed by atoms with E-state index in [1.165, 1.54) is 0 Å². The van der Waals surface area contributed by atoms with E-state index in [-0.39, 0.29) is 0 Å². The van der Waals surface area contributed by atoms with Gasteiger partial charge in [0.15, 0.2) is 25.2 Å². The minimum atomic E-state index is -1.96. The van der Waals surface area contributed by atoms with Gasteiger partial charge < -0.3 is 105 Å². The Morgan fingerprint density at radius 1 is 0.510 bits per heavy atom. The molecule has 4 aliphatic rings. The van der Waals surface area contributed by atoms with Crippen LogP contribution in [0.4, 0.5) is 0 Å². The third kappa shape index (κ3) is 9.29. The van der Waals surface area contributed by atoms with Crippen LogP contribution in [0.15, 0.2) is 0 Å². The van der Waals surface area contributed by atoms with Crippen LogP contribution >= 0.6 is 0 Å². The maximum atomic E-state index is 11.8. The van der Waals surface area contributed by atoms with Crippen LogP contribution < -0.4 is 10.6 Å². The molecule has 1 unspecified atom stereocenters. The van der Waals surface area contributed by atoms with Crippen LogP contribution in [-0.2, 0) is 42.7 Å². The van der Waals surface area contributed by atoms with Gasteiger partial charge in [-0.15, -0.1) is 0 Å². The number of carbonyl (C=O) groups excluding carboxylic acids is 2. The lowest BCUT2D eigenvalue weighted by Gasteiger charge is -2.47. The molecule has 296 valence electrons. The Morgan fingerprint density at radius 2 is 0.980 bits per heavy atom.